The van der Waals surface area contributed by atoms with Crippen LogP contribution in [0, 0.1) is 0 Å². The van der Waals surface area contributed by atoms with E-state index in [0.717, 1.165) is 37.1 Å². The second-order valence-corrected chi connectivity index (χ2v) is 7.79. The fourth-order valence-corrected chi connectivity index (χ4v) is 3.63. The third kappa shape index (κ3) is 6.00. The predicted octanol–water partition coefficient (Wildman–Crippen LogP) is 3.16. The Labute approximate surface area is 188 Å². The maximum absolute atomic E-state index is 12.8. The van der Waals surface area contributed by atoms with E-state index >= 15 is 0 Å². The highest BCUT2D eigenvalue weighted by atomic mass is 16.5. The lowest BCUT2D eigenvalue weighted by Crippen LogP contribution is -2.38. The third-order valence-electron chi connectivity index (χ3n) is 5.40. The molecule has 0 aromatic heterocycles. The summed E-state index contributed by atoms with van der Waals surface area (Å²) in [5.41, 5.74) is 7.97. The van der Waals surface area contributed by atoms with Gasteiger partial charge in [0.25, 0.3) is 5.91 Å². The smallest absolute Gasteiger partial charge is 0.261 e. The number of benzene rings is 2. The second-order valence-electron chi connectivity index (χ2n) is 7.79. The number of hydrogen-bond acceptors (Lipinski definition) is 5. The van der Waals surface area contributed by atoms with Gasteiger partial charge in [-0.2, -0.15) is 0 Å². The zero-order valence-electron chi connectivity index (χ0n) is 18.3. The van der Waals surface area contributed by atoms with Gasteiger partial charge >= 0.3 is 0 Å². The number of rotatable bonds is 9. The number of nitrogens with one attached hydrogen (secondary N) is 1. The number of hydrogen-bond donors (Lipinski definition) is 3. The van der Waals surface area contributed by atoms with Crippen LogP contribution < -0.4 is 20.7 Å². The van der Waals surface area contributed by atoms with E-state index in [2.05, 4.69) is 10.5 Å². The average molecular weight is 439 g/mol. The quantitative estimate of drug-likeness (QED) is 0.241. The topological polar surface area (TPSA) is 117 Å². The average Bonchev–Trinajstić information content (AvgIpc) is 2.82. The molecule has 0 aliphatic carbocycles. The Hall–Kier alpha value is -3.55. The van der Waals surface area contributed by atoms with Crippen molar-refractivity contribution in [3.63, 3.8) is 0 Å². The molecule has 8 nitrogen and oxygen atoms in total. The van der Waals surface area contributed by atoms with Crippen LogP contribution in [-0.4, -0.2) is 35.5 Å². The van der Waals surface area contributed by atoms with Crippen molar-refractivity contribution in [2.75, 3.05) is 11.4 Å². The molecule has 1 aliphatic rings. The van der Waals surface area contributed by atoms with Gasteiger partial charge in [0, 0.05) is 30.8 Å². The minimum absolute atomic E-state index is 0.0263. The minimum atomic E-state index is -0.659. The molecule has 0 radical (unpaired) electrons. The molecule has 8 heteroatoms. The number of nitrogens with two attached hydrogens (primary N) is 1. The molecule has 1 saturated heterocycles. The van der Waals surface area contributed by atoms with Crippen molar-refractivity contribution in [3.05, 3.63) is 59.7 Å². The highest BCUT2D eigenvalue weighted by Gasteiger charge is 2.21. The van der Waals surface area contributed by atoms with Crippen LogP contribution in [-0.2, 0) is 16.1 Å². The number of amidine groups is 1. The van der Waals surface area contributed by atoms with Crippen molar-refractivity contribution < 1.29 is 19.5 Å². The second kappa shape index (κ2) is 11.2. The summed E-state index contributed by atoms with van der Waals surface area (Å²) < 4.78 is 5.90. The Morgan fingerprint density at radius 2 is 2.03 bits per heavy atom. The van der Waals surface area contributed by atoms with Gasteiger partial charge in [-0.05, 0) is 49.1 Å². The van der Waals surface area contributed by atoms with Gasteiger partial charge in [-0.25, -0.2) is 0 Å². The summed E-state index contributed by atoms with van der Waals surface area (Å²) in [5, 5.41) is 14.8. The summed E-state index contributed by atoms with van der Waals surface area (Å²) in [6.07, 6.45) is 3.23. The fraction of sp³-hybridized carbons (Fsp3) is 0.375. The Bertz CT molecular complexity index is 959. The lowest BCUT2D eigenvalue weighted by molar-refractivity contribution is -0.128. The maximum Gasteiger partial charge on any atom is 0.261 e. The van der Waals surface area contributed by atoms with Crippen molar-refractivity contribution in [1.82, 2.24) is 5.32 Å². The Balaban J connectivity index is 1.59. The molecule has 0 spiro atoms. The maximum atomic E-state index is 12.8. The van der Waals surface area contributed by atoms with Crippen LogP contribution in [0.1, 0.15) is 50.2 Å². The van der Waals surface area contributed by atoms with E-state index in [1.165, 1.54) is 0 Å². The summed E-state index contributed by atoms with van der Waals surface area (Å²) in [6, 6.07) is 14.5. The third-order valence-corrected chi connectivity index (χ3v) is 5.40. The van der Waals surface area contributed by atoms with Crippen LogP contribution >= 0.6 is 0 Å². The van der Waals surface area contributed by atoms with E-state index in [4.69, 9.17) is 15.7 Å². The number of nitrogens with zero attached hydrogens (tertiary/aromatic N) is 2. The molecule has 1 unspecified atom stereocenters. The fourth-order valence-electron chi connectivity index (χ4n) is 3.63. The molecule has 0 saturated carbocycles. The summed E-state index contributed by atoms with van der Waals surface area (Å²) in [7, 11) is 0. The van der Waals surface area contributed by atoms with Crippen molar-refractivity contribution >= 4 is 23.3 Å². The molecule has 1 fully saturated rings. The predicted molar refractivity (Wildman–Crippen MR) is 123 cm³/mol. The van der Waals surface area contributed by atoms with Crippen LogP contribution in [0.25, 0.3) is 0 Å². The Kier molecular flexibility index (Phi) is 8.08. The lowest BCUT2D eigenvalue weighted by Gasteiger charge is -2.27. The molecule has 1 heterocycles. The number of carbonyl (C=O) groups is 2. The summed E-state index contributed by atoms with van der Waals surface area (Å²) >= 11 is 0. The normalized spacial score (nSPS) is 15.3. The molecule has 1 atom stereocenters. The number of anilines is 1. The first-order valence-electron chi connectivity index (χ1n) is 10.9. The van der Waals surface area contributed by atoms with E-state index < -0.39 is 6.10 Å². The molecule has 32 heavy (non-hydrogen) atoms. The van der Waals surface area contributed by atoms with Crippen molar-refractivity contribution in [3.8, 4) is 5.75 Å². The van der Waals surface area contributed by atoms with E-state index in [0.29, 0.717) is 30.7 Å². The molecule has 1 aliphatic heterocycles. The first-order valence-corrected chi connectivity index (χ1v) is 10.9. The Morgan fingerprint density at radius 3 is 2.72 bits per heavy atom. The summed E-state index contributed by atoms with van der Waals surface area (Å²) in [5.74, 6) is 0.393. The van der Waals surface area contributed by atoms with Gasteiger partial charge in [-0.1, -0.05) is 42.8 Å². The molecule has 0 bridgehead atoms. The minimum Gasteiger partial charge on any atom is -0.481 e. The van der Waals surface area contributed by atoms with E-state index in [1.807, 2.05) is 36.1 Å². The SMILES string of the molecule is CCCC(Oc1cccc(/C(N)=N/O)c1)C(=O)NCc1ccc(N2CCCCC2=O)cc1. The summed E-state index contributed by atoms with van der Waals surface area (Å²) in [6.45, 7) is 3.10. The number of piperidine rings is 1. The molecular weight excluding hydrogens is 408 g/mol. The number of ether oxygens (including phenoxy) is 1. The van der Waals surface area contributed by atoms with Gasteiger partial charge in [0.15, 0.2) is 11.9 Å². The Morgan fingerprint density at radius 1 is 1.25 bits per heavy atom. The van der Waals surface area contributed by atoms with Crippen molar-refractivity contribution in [1.29, 1.82) is 0 Å². The lowest BCUT2D eigenvalue weighted by atomic mass is 10.1. The monoisotopic (exact) mass is 438 g/mol. The highest BCUT2D eigenvalue weighted by Crippen LogP contribution is 2.21. The van der Waals surface area contributed by atoms with Crippen molar-refractivity contribution in [2.24, 2.45) is 10.9 Å². The van der Waals surface area contributed by atoms with Crippen molar-refractivity contribution in [2.45, 2.75) is 51.7 Å². The van der Waals surface area contributed by atoms with Gasteiger partial charge in [0.05, 0.1) is 0 Å². The number of oxime groups is 1. The number of amides is 2. The van der Waals surface area contributed by atoms with Gasteiger partial charge < -0.3 is 25.9 Å². The number of carbonyl (C=O) groups excluding carboxylic acids is 2. The first-order chi connectivity index (χ1) is 15.5. The zero-order valence-corrected chi connectivity index (χ0v) is 18.3. The standard InChI is InChI=1S/C24H30N4O4/c1-2-6-21(32-20-8-5-7-18(15-20)23(25)27-31)24(30)26-16-17-10-12-19(13-11-17)28-14-4-3-9-22(28)29/h5,7-8,10-13,15,21,31H,2-4,6,9,14,16H2,1H3,(H2,25,27)(H,26,30). The molecule has 2 amide bonds. The molecule has 4 N–H and O–H groups in total. The van der Waals surface area contributed by atoms with Crippen LogP contribution in [0.3, 0.4) is 0 Å². The van der Waals surface area contributed by atoms with Crippen LogP contribution in [0.5, 0.6) is 5.75 Å². The molecular formula is C24H30N4O4. The van der Waals surface area contributed by atoms with Crippen LogP contribution in [0.2, 0.25) is 0 Å². The highest BCUT2D eigenvalue weighted by molar-refractivity contribution is 5.97. The van der Waals surface area contributed by atoms with E-state index in [9.17, 15) is 9.59 Å². The molecule has 170 valence electrons. The van der Waals surface area contributed by atoms with Gasteiger partial charge in [-0.15, -0.1) is 0 Å². The first kappa shape index (κ1) is 23.1. The van der Waals surface area contributed by atoms with Crippen LogP contribution in [0.4, 0.5) is 5.69 Å². The van der Waals surface area contributed by atoms with Crippen LogP contribution in [0.15, 0.2) is 53.7 Å². The molecule has 3 rings (SSSR count). The summed E-state index contributed by atoms with van der Waals surface area (Å²) in [4.78, 5) is 26.7. The molecule has 2 aromatic carbocycles. The van der Waals surface area contributed by atoms with Gasteiger partial charge in [0.2, 0.25) is 5.91 Å². The van der Waals surface area contributed by atoms with Gasteiger partial charge in [0.1, 0.15) is 5.75 Å². The van der Waals surface area contributed by atoms with E-state index in [-0.39, 0.29) is 17.6 Å². The zero-order chi connectivity index (χ0) is 22.9. The largest absolute Gasteiger partial charge is 0.481 e. The van der Waals surface area contributed by atoms with Gasteiger partial charge in [-0.3, -0.25) is 9.59 Å². The molecule has 2 aromatic rings. The van der Waals surface area contributed by atoms with E-state index in [1.54, 1.807) is 24.3 Å².